The van der Waals surface area contributed by atoms with Crippen molar-refractivity contribution in [3.05, 3.63) is 35.4 Å². The third-order valence-corrected chi connectivity index (χ3v) is 3.11. The fraction of sp³-hybridized carbons (Fsp3) is 0.500. The molecule has 0 saturated carbocycles. The molecule has 1 atom stereocenters. The molecule has 1 saturated heterocycles. The summed E-state index contributed by atoms with van der Waals surface area (Å²) in [6.07, 6.45) is 1.25. The number of hydrogen-bond acceptors (Lipinski definition) is 2. The molecule has 1 fully saturated rings. The van der Waals surface area contributed by atoms with Gasteiger partial charge in [0.1, 0.15) is 5.60 Å². The second kappa shape index (κ2) is 4.11. The molecule has 1 N–H and O–H groups in total. The van der Waals surface area contributed by atoms with Crippen molar-refractivity contribution in [1.82, 2.24) is 4.90 Å². The summed E-state index contributed by atoms with van der Waals surface area (Å²) in [5.41, 5.74) is -1.20. The van der Waals surface area contributed by atoms with Crippen LogP contribution in [0.25, 0.3) is 0 Å². The number of nitrogens with zero attached hydrogens (tertiary/aromatic N) is 1. The van der Waals surface area contributed by atoms with Crippen molar-refractivity contribution in [2.75, 3.05) is 20.1 Å². The number of aliphatic hydroxyl groups is 1. The summed E-state index contributed by atoms with van der Waals surface area (Å²) >= 11 is 0. The van der Waals surface area contributed by atoms with Crippen molar-refractivity contribution >= 4 is 0 Å². The van der Waals surface area contributed by atoms with Gasteiger partial charge in [-0.15, -0.1) is 0 Å². The first-order valence-corrected chi connectivity index (χ1v) is 5.38. The van der Waals surface area contributed by atoms with Crippen molar-refractivity contribution in [3.63, 3.8) is 0 Å². The van der Waals surface area contributed by atoms with Gasteiger partial charge in [-0.1, -0.05) is 12.1 Å². The molecule has 4 heteroatoms. The van der Waals surface area contributed by atoms with E-state index in [0.717, 1.165) is 19.0 Å². The molecule has 0 bridgehead atoms. The molecule has 1 aromatic carbocycles. The average molecular weight is 227 g/mol. The number of β-amino-alcohol motifs (C(OH)–C–C–N with tert-alkyl or cyclic N) is 1. The Kier molecular flexibility index (Phi) is 2.95. The van der Waals surface area contributed by atoms with Crippen molar-refractivity contribution < 1.29 is 13.9 Å². The van der Waals surface area contributed by atoms with Gasteiger partial charge in [-0.2, -0.15) is 0 Å². The Morgan fingerprint density at radius 3 is 2.81 bits per heavy atom. The minimum Gasteiger partial charge on any atom is -0.384 e. The molecule has 0 radical (unpaired) electrons. The van der Waals surface area contributed by atoms with Crippen molar-refractivity contribution in [2.45, 2.75) is 18.4 Å². The number of hydrogen-bond donors (Lipinski definition) is 1. The lowest BCUT2D eigenvalue weighted by Gasteiger charge is -2.37. The molecule has 0 amide bonds. The van der Waals surface area contributed by atoms with Gasteiger partial charge in [-0.05, 0) is 32.5 Å². The normalized spacial score (nSPS) is 27.0. The quantitative estimate of drug-likeness (QED) is 0.791. The van der Waals surface area contributed by atoms with Gasteiger partial charge < -0.3 is 10.0 Å². The fourth-order valence-electron chi connectivity index (χ4n) is 2.33. The Morgan fingerprint density at radius 1 is 1.38 bits per heavy atom. The van der Waals surface area contributed by atoms with E-state index in [1.165, 1.54) is 12.1 Å². The Morgan fingerprint density at radius 2 is 2.12 bits per heavy atom. The Balaban J connectivity index is 2.38. The SMILES string of the molecule is CN1CCCC(O)(c2cccc(F)c2F)C1. The molecule has 2 nitrogen and oxygen atoms in total. The zero-order valence-corrected chi connectivity index (χ0v) is 9.21. The summed E-state index contributed by atoms with van der Waals surface area (Å²) in [5, 5.41) is 10.4. The summed E-state index contributed by atoms with van der Waals surface area (Å²) in [5.74, 6) is -1.83. The third-order valence-electron chi connectivity index (χ3n) is 3.11. The summed E-state index contributed by atoms with van der Waals surface area (Å²) in [6, 6.07) is 3.95. The molecule has 0 aliphatic carbocycles. The number of piperidine rings is 1. The van der Waals surface area contributed by atoms with Crippen LogP contribution in [0.15, 0.2) is 18.2 Å². The molecule has 1 aliphatic heterocycles. The Bertz CT molecular complexity index is 397. The highest BCUT2D eigenvalue weighted by molar-refractivity contribution is 5.26. The van der Waals surface area contributed by atoms with Gasteiger partial charge in [0.15, 0.2) is 11.6 Å². The van der Waals surface area contributed by atoms with Crippen LogP contribution in [0.1, 0.15) is 18.4 Å². The van der Waals surface area contributed by atoms with Crippen molar-refractivity contribution in [2.24, 2.45) is 0 Å². The van der Waals surface area contributed by atoms with Crippen LogP contribution in [0.3, 0.4) is 0 Å². The molecule has 1 heterocycles. The van der Waals surface area contributed by atoms with Gasteiger partial charge in [0.2, 0.25) is 0 Å². The summed E-state index contributed by atoms with van der Waals surface area (Å²) in [6.45, 7) is 1.21. The van der Waals surface area contributed by atoms with E-state index in [-0.39, 0.29) is 5.56 Å². The fourth-order valence-corrected chi connectivity index (χ4v) is 2.33. The number of likely N-dealkylation sites (N-methyl/N-ethyl adjacent to an activating group) is 1. The smallest absolute Gasteiger partial charge is 0.164 e. The van der Waals surface area contributed by atoms with Crippen LogP contribution in [-0.4, -0.2) is 30.1 Å². The van der Waals surface area contributed by atoms with E-state index in [0.29, 0.717) is 13.0 Å². The van der Waals surface area contributed by atoms with Gasteiger partial charge in [0, 0.05) is 12.1 Å². The minimum absolute atomic E-state index is 0.0686. The van der Waals surface area contributed by atoms with Gasteiger partial charge >= 0.3 is 0 Å². The van der Waals surface area contributed by atoms with Crippen LogP contribution < -0.4 is 0 Å². The maximum atomic E-state index is 13.6. The van der Waals surface area contributed by atoms with Crippen molar-refractivity contribution in [3.8, 4) is 0 Å². The predicted octanol–water partition coefficient (Wildman–Crippen LogP) is 1.88. The van der Waals surface area contributed by atoms with E-state index in [2.05, 4.69) is 0 Å². The number of halogens is 2. The third kappa shape index (κ3) is 1.95. The van der Waals surface area contributed by atoms with Crippen LogP contribution in [0, 0.1) is 11.6 Å². The van der Waals surface area contributed by atoms with Crippen LogP contribution in [0.5, 0.6) is 0 Å². The number of rotatable bonds is 1. The first-order valence-electron chi connectivity index (χ1n) is 5.38. The average Bonchev–Trinajstić information content (AvgIpc) is 2.21. The van der Waals surface area contributed by atoms with Gasteiger partial charge in [0.25, 0.3) is 0 Å². The van der Waals surface area contributed by atoms with E-state index in [1.807, 2.05) is 11.9 Å². The van der Waals surface area contributed by atoms with Crippen LogP contribution in [-0.2, 0) is 5.60 Å². The lowest BCUT2D eigenvalue weighted by Crippen LogP contribution is -2.44. The molecule has 1 unspecified atom stereocenters. The first kappa shape index (κ1) is 11.5. The number of benzene rings is 1. The zero-order valence-electron chi connectivity index (χ0n) is 9.21. The standard InChI is InChI=1S/C12H15F2NO/c1-15-7-3-6-12(16,8-15)9-4-2-5-10(13)11(9)14/h2,4-5,16H,3,6-8H2,1H3. The molecule has 16 heavy (non-hydrogen) atoms. The maximum Gasteiger partial charge on any atom is 0.164 e. The maximum absolute atomic E-state index is 13.6. The summed E-state index contributed by atoms with van der Waals surface area (Å²) in [4.78, 5) is 1.92. The molecular formula is C12H15F2NO. The monoisotopic (exact) mass is 227 g/mol. The second-order valence-corrected chi connectivity index (χ2v) is 4.47. The summed E-state index contributed by atoms with van der Waals surface area (Å²) < 4.78 is 26.7. The van der Waals surface area contributed by atoms with Gasteiger partial charge in [-0.25, -0.2) is 8.78 Å². The highest BCUT2D eigenvalue weighted by Gasteiger charge is 2.36. The summed E-state index contributed by atoms with van der Waals surface area (Å²) in [7, 11) is 1.86. The second-order valence-electron chi connectivity index (χ2n) is 4.47. The predicted molar refractivity (Wildman–Crippen MR) is 57.0 cm³/mol. The van der Waals surface area contributed by atoms with E-state index >= 15 is 0 Å². The van der Waals surface area contributed by atoms with Gasteiger partial charge in [0.05, 0.1) is 0 Å². The van der Waals surface area contributed by atoms with E-state index in [9.17, 15) is 13.9 Å². The molecule has 0 spiro atoms. The molecular weight excluding hydrogens is 212 g/mol. The first-order chi connectivity index (χ1) is 7.53. The number of likely N-dealkylation sites (tertiary alicyclic amines) is 1. The molecule has 2 rings (SSSR count). The van der Waals surface area contributed by atoms with Crippen LogP contribution in [0.4, 0.5) is 8.78 Å². The largest absolute Gasteiger partial charge is 0.384 e. The van der Waals surface area contributed by atoms with E-state index < -0.39 is 17.2 Å². The minimum atomic E-state index is -1.26. The van der Waals surface area contributed by atoms with Crippen molar-refractivity contribution in [1.29, 1.82) is 0 Å². The molecule has 1 aliphatic rings. The lowest BCUT2D eigenvalue weighted by molar-refractivity contribution is -0.0307. The highest BCUT2D eigenvalue weighted by atomic mass is 19.2. The lowest BCUT2D eigenvalue weighted by atomic mass is 9.85. The Hall–Kier alpha value is -1.00. The van der Waals surface area contributed by atoms with Gasteiger partial charge in [-0.3, -0.25) is 0 Å². The topological polar surface area (TPSA) is 23.5 Å². The highest BCUT2D eigenvalue weighted by Crippen LogP contribution is 2.33. The molecule has 88 valence electrons. The van der Waals surface area contributed by atoms with E-state index in [1.54, 1.807) is 0 Å². The Labute approximate surface area is 93.5 Å². The molecule has 1 aromatic rings. The van der Waals surface area contributed by atoms with Crippen LogP contribution in [0.2, 0.25) is 0 Å². The molecule has 0 aromatic heterocycles. The zero-order chi connectivity index (χ0) is 11.8. The van der Waals surface area contributed by atoms with Crippen LogP contribution >= 0.6 is 0 Å². The van der Waals surface area contributed by atoms with E-state index in [4.69, 9.17) is 0 Å².